The molecule has 0 aromatic heterocycles. The van der Waals surface area contributed by atoms with Crippen molar-refractivity contribution in [1.29, 1.82) is 0 Å². The molecule has 2 saturated heterocycles. The van der Waals surface area contributed by atoms with Crippen molar-refractivity contribution in [3.8, 4) is 0 Å². The van der Waals surface area contributed by atoms with Crippen molar-refractivity contribution >= 4 is 21.6 Å². The Kier molecular flexibility index (Phi) is 6.53. The lowest BCUT2D eigenvalue weighted by atomic mass is 9.95. The Morgan fingerprint density at radius 2 is 1.55 bits per heavy atom. The van der Waals surface area contributed by atoms with Gasteiger partial charge < -0.3 is 14.4 Å². The lowest BCUT2D eigenvalue weighted by Gasteiger charge is -2.38. The molecule has 0 radical (unpaired) electrons. The highest BCUT2D eigenvalue weighted by Gasteiger charge is 2.40. The van der Waals surface area contributed by atoms with E-state index in [1.54, 1.807) is 32.9 Å². The molecule has 0 aliphatic carbocycles. The van der Waals surface area contributed by atoms with Gasteiger partial charge in [0.2, 0.25) is 5.91 Å². The number of carbonyl (C=O) groups excluding carboxylic acids is 1. The van der Waals surface area contributed by atoms with Crippen molar-refractivity contribution in [2.45, 2.75) is 50.8 Å². The van der Waals surface area contributed by atoms with Crippen molar-refractivity contribution < 1.29 is 22.7 Å². The zero-order chi connectivity index (χ0) is 23.7. The van der Waals surface area contributed by atoms with Crippen LogP contribution < -0.4 is 4.90 Å². The van der Waals surface area contributed by atoms with Gasteiger partial charge in [-0.3, -0.25) is 4.79 Å². The van der Waals surface area contributed by atoms with Gasteiger partial charge in [0.15, 0.2) is 5.79 Å². The molecule has 2 aliphatic heterocycles. The second-order valence-corrected chi connectivity index (χ2v) is 11.5. The van der Waals surface area contributed by atoms with Gasteiger partial charge in [0, 0.05) is 37.0 Å². The lowest BCUT2D eigenvalue weighted by Crippen LogP contribution is -2.45. The third-order valence-corrected chi connectivity index (χ3v) is 7.91. The maximum absolute atomic E-state index is 13.5. The third kappa shape index (κ3) is 5.08. The van der Waals surface area contributed by atoms with Crippen molar-refractivity contribution in [2.24, 2.45) is 5.41 Å². The number of ether oxygens (including phenoxy) is 2. The number of anilines is 1. The summed E-state index contributed by atoms with van der Waals surface area (Å²) in [6.45, 7) is 8.00. The van der Waals surface area contributed by atoms with Gasteiger partial charge in [-0.25, -0.2) is 12.7 Å². The van der Waals surface area contributed by atoms with Gasteiger partial charge >= 0.3 is 0 Å². The van der Waals surface area contributed by atoms with E-state index in [1.165, 1.54) is 0 Å². The van der Waals surface area contributed by atoms with Crippen LogP contribution in [0.15, 0.2) is 59.5 Å². The summed E-state index contributed by atoms with van der Waals surface area (Å²) >= 11 is 0. The minimum atomic E-state index is -4.02. The second-order valence-electron chi connectivity index (χ2n) is 9.64. The van der Waals surface area contributed by atoms with Crippen LogP contribution in [0.2, 0.25) is 0 Å². The first-order valence-electron chi connectivity index (χ1n) is 11.3. The number of carbonyl (C=O) groups is 1. The summed E-state index contributed by atoms with van der Waals surface area (Å²) in [5.41, 5.74) is 0.864. The number of sulfonamides is 1. The number of hydrogen-bond donors (Lipinski definition) is 0. The average Bonchev–Trinajstić information content (AvgIpc) is 3.25. The molecule has 33 heavy (non-hydrogen) atoms. The molecule has 4 rings (SSSR count). The molecule has 2 aromatic rings. The predicted octanol–water partition coefficient (Wildman–Crippen LogP) is 3.79. The van der Waals surface area contributed by atoms with Crippen molar-refractivity contribution in [1.82, 2.24) is 4.31 Å². The third-order valence-electron chi connectivity index (χ3n) is 6.17. The van der Waals surface area contributed by atoms with Gasteiger partial charge in [0.05, 0.1) is 24.7 Å². The standard InChI is InChI=1S/C25H32N2O5S/c1-24(2,3)23(28)27(19-20-7-5-4-6-8-20)33(29,30)22-11-9-21(10-12-22)26-15-13-25(14-16-26)31-17-18-32-25/h4-12H,13-19H2,1-3H3. The first-order chi connectivity index (χ1) is 15.6. The zero-order valence-electron chi connectivity index (χ0n) is 19.5. The molecule has 8 heteroatoms. The SMILES string of the molecule is CC(C)(C)C(=O)N(Cc1ccccc1)S(=O)(=O)c1ccc(N2CCC3(CC2)OCCO3)cc1. The monoisotopic (exact) mass is 472 g/mol. The van der Waals surface area contributed by atoms with Crippen molar-refractivity contribution in [2.75, 3.05) is 31.2 Å². The highest BCUT2D eigenvalue weighted by molar-refractivity contribution is 7.89. The molecule has 0 unspecified atom stereocenters. The molecule has 2 fully saturated rings. The maximum Gasteiger partial charge on any atom is 0.266 e. The smallest absolute Gasteiger partial charge is 0.266 e. The van der Waals surface area contributed by atoms with Crippen LogP contribution in [0.3, 0.4) is 0 Å². The number of nitrogens with zero attached hydrogens (tertiary/aromatic N) is 2. The van der Waals surface area contributed by atoms with E-state index in [0.717, 1.165) is 41.5 Å². The average molecular weight is 473 g/mol. The molecule has 0 bridgehead atoms. The van der Waals surface area contributed by atoms with Gasteiger partial charge in [0.1, 0.15) is 0 Å². The van der Waals surface area contributed by atoms with E-state index in [4.69, 9.17) is 9.47 Å². The fraction of sp³-hybridized carbons (Fsp3) is 0.480. The second kappa shape index (κ2) is 9.08. The normalized spacial score (nSPS) is 18.5. The van der Waals surface area contributed by atoms with Crippen LogP contribution in [-0.2, 0) is 30.8 Å². The number of rotatable bonds is 5. The number of hydrogen-bond acceptors (Lipinski definition) is 6. The molecular weight excluding hydrogens is 440 g/mol. The van der Waals surface area contributed by atoms with Crippen molar-refractivity contribution in [3.05, 3.63) is 60.2 Å². The van der Waals surface area contributed by atoms with Crippen LogP contribution in [0, 0.1) is 5.41 Å². The molecule has 2 aliphatic rings. The quantitative estimate of drug-likeness (QED) is 0.659. The predicted molar refractivity (Wildman–Crippen MR) is 126 cm³/mol. The van der Waals surface area contributed by atoms with E-state index >= 15 is 0 Å². The number of amides is 1. The van der Waals surface area contributed by atoms with Crippen molar-refractivity contribution in [3.63, 3.8) is 0 Å². The van der Waals surface area contributed by atoms with E-state index in [0.29, 0.717) is 13.2 Å². The first-order valence-corrected chi connectivity index (χ1v) is 12.8. The maximum atomic E-state index is 13.5. The molecule has 7 nitrogen and oxygen atoms in total. The number of piperidine rings is 1. The van der Waals surface area contributed by atoms with Gasteiger partial charge in [-0.2, -0.15) is 0 Å². The Hall–Kier alpha value is -2.42. The minimum Gasteiger partial charge on any atom is -0.371 e. The molecular formula is C25H32N2O5S. The van der Waals surface area contributed by atoms with E-state index in [2.05, 4.69) is 4.90 Å². The lowest BCUT2D eigenvalue weighted by molar-refractivity contribution is -0.169. The van der Waals surface area contributed by atoms with Crippen LogP contribution in [-0.4, -0.2) is 50.7 Å². The topological polar surface area (TPSA) is 76.2 Å². The van der Waals surface area contributed by atoms with Gasteiger partial charge in [-0.15, -0.1) is 0 Å². The Morgan fingerprint density at radius 1 is 0.970 bits per heavy atom. The summed E-state index contributed by atoms with van der Waals surface area (Å²) in [6, 6.07) is 16.0. The first kappa shape index (κ1) is 23.7. The fourth-order valence-corrected chi connectivity index (χ4v) is 5.78. The van der Waals surface area contributed by atoms with Crippen LogP contribution in [0.1, 0.15) is 39.2 Å². The highest BCUT2D eigenvalue weighted by Crippen LogP contribution is 2.34. The summed E-state index contributed by atoms with van der Waals surface area (Å²) in [5.74, 6) is -0.890. The van der Waals surface area contributed by atoms with Gasteiger partial charge in [-0.05, 0) is 29.8 Å². The summed E-state index contributed by atoms with van der Waals surface area (Å²) < 4.78 is 39.7. The molecule has 1 amide bonds. The Balaban J connectivity index is 1.54. The van der Waals surface area contributed by atoms with E-state index in [1.807, 2.05) is 42.5 Å². The zero-order valence-corrected chi connectivity index (χ0v) is 20.3. The molecule has 0 saturated carbocycles. The van der Waals surface area contributed by atoms with E-state index in [9.17, 15) is 13.2 Å². The largest absolute Gasteiger partial charge is 0.371 e. The minimum absolute atomic E-state index is 0.00473. The Bertz CT molecular complexity index is 1060. The van der Waals surface area contributed by atoms with E-state index in [-0.39, 0.29) is 11.4 Å². The summed E-state index contributed by atoms with van der Waals surface area (Å²) in [4.78, 5) is 15.5. The molecule has 2 heterocycles. The van der Waals surface area contributed by atoms with Crippen LogP contribution in [0.4, 0.5) is 5.69 Å². The van der Waals surface area contributed by atoms with Crippen LogP contribution in [0.25, 0.3) is 0 Å². The molecule has 1 spiro atoms. The Labute approximate surface area is 196 Å². The van der Waals surface area contributed by atoms with Crippen LogP contribution in [0.5, 0.6) is 0 Å². The molecule has 2 aromatic carbocycles. The highest BCUT2D eigenvalue weighted by atomic mass is 32.2. The van der Waals surface area contributed by atoms with Gasteiger partial charge in [-0.1, -0.05) is 51.1 Å². The van der Waals surface area contributed by atoms with Crippen LogP contribution >= 0.6 is 0 Å². The van der Waals surface area contributed by atoms with Gasteiger partial charge in [0.25, 0.3) is 10.0 Å². The molecule has 0 atom stereocenters. The molecule has 0 N–H and O–H groups in total. The Morgan fingerprint density at radius 3 is 2.09 bits per heavy atom. The summed E-state index contributed by atoms with van der Waals surface area (Å²) in [6.07, 6.45) is 1.55. The molecule has 178 valence electrons. The fourth-order valence-electron chi connectivity index (χ4n) is 4.24. The number of benzene rings is 2. The summed E-state index contributed by atoms with van der Waals surface area (Å²) in [7, 11) is -4.02. The summed E-state index contributed by atoms with van der Waals surface area (Å²) in [5, 5.41) is 0. The van der Waals surface area contributed by atoms with E-state index < -0.39 is 27.1 Å².